The van der Waals surface area contributed by atoms with E-state index < -0.39 is 49.1 Å². The Morgan fingerprint density at radius 1 is 0.657 bits per heavy atom. The summed E-state index contributed by atoms with van der Waals surface area (Å²) in [5.41, 5.74) is -1.38. The molecule has 2 aliphatic carbocycles. The zero-order valence-corrected chi connectivity index (χ0v) is 37.7. The van der Waals surface area contributed by atoms with Crippen LogP contribution in [0.5, 0.6) is 23.0 Å². The molecule has 0 aliphatic heterocycles. The highest BCUT2D eigenvalue weighted by atomic mass is 32.2. The summed E-state index contributed by atoms with van der Waals surface area (Å²) in [5, 5.41) is 18.3. The molecular weight excluding hydrogens is 922 g/mol. The number of fused-ring (bicyclic) bond motifs is 2. The summed E-state index contributed by atoms with van der Waals surface area (Å²) in [7, 11) is -7.80. The number of alkyl halides is 3. The zero-order chi connectivity index (χ0) is 48.6. The van der Waals surface area contributed by atoms with Gasteiger partial charge in [-0.3, -0.25) is 14.2 Å². The van der Waals surface area contributed by atoms with Crippen LogP contribution in [0.3, 0.4) is 0 Å². The van der Waals surface area contributed by atoms with E-state index in [9.17, 15) is 49.5 Å². The summed E-state index contributed by atoms with van der Waals surface area (Å²) in [5.74, 6) is -0.657. The Hall–Kier alpha value is -6.80. The molecule has 0 spiro atoms. The lowest BCUT2D eigenvalue weighted by Gasteiger charge is -2.36. The van der Waals surface area contributed by atoms with E-state index in [1.165, 1.54) is 42.5 Å². The van der Waals surface area contributed by atoms with Gasteiger partial charge in [0.25, 0.3) is 10.0 Å². The highest BCUT2D eigenvalue weighted by molar-refractivity contribution is 7.93. The van der Waals surface area contributed by atoms with E-state index >= 15 is 0 Å². The normalized spacial score (nSPS) is 17.4. The van der Waals surface area contributed by atoms with Crippen molar-refractivity contribution in [1.29, 1.82) is 0 Å². The number of Topliss-reactive ketones (excluding diaryl/α,β-unsaturated/α-hetero) is 1. The number of carbonyl (C=O) groups excluding carboxylic acids is 1. The minimum atomic E-state index is -4.56. The molecule has 4 N–H and O–H groups in total. The summed E-state index contributed by atoms with van der Waals surface area (Å²) < 4.78 is 115. The maximum Gasteiger partial charge on any atom is 0.416 e. The summed E-state index contributed by atoms with van der Waals surface area (Å²) in [6.45, 7) is 4.53. The number of para-hydroxylation sites is 2. The number of ether oxygens (including phenoxy) is 4. The molecule has 2 unspecified atom stereocenters. The molecule has 2 atom stereocenters. The van der Waals surface area contributed by atoms with E-state index in [1.54, 1.807) is 54.6 Å². The van der Waals surface area contributed by atoms with Gasteiger partial charge in [0.2, 0.25) is 10.0 Å². The first kappa shape index (κ1) is 49.6. The first-order chi connectivity index (χ1) is 31.6. The number of aromatic carboxylic acids is 2. The molecule has 0 saturated heterocycles. The highest BCUT2D eigenvalue weighted by Gasteiger charge is 2.65. The van der Waals surface area contributed by atoms with E-state index in [-0.39, 0.29) is 82.5 Å². The molecule has 2 saturated carbocycles. The summed E-state index contributed by atoms with van der Waals surface area (Å²) in [6.07, 6.45) is -2.57. The molecule has 0 radical (unpaired) electrons. The Bertz CT molecular complexity index is 2790. The predicted molar refractivity (Wildman–Crippen MR) is 240 cm³/mol. The third-order valence-corrected chi connectivity index (χ3v) is 14.6. The lowest BCUT2D eigenvalue weighted by molar-refractivity contribution is -0.137. The van der Waals surface area contributed by atoms with Gasteiger partial charge < -0.3 is 29.2 Å². The van der Waals surface area contributed by atoms with Crippen molar-refractivity contribution >= 4 is 49.1 Å². The molecule has 5 aromatic rings. The fourth-order valence-electron chi connectivity index (χ4n) is 8.08. The second-order valence-corrected chi connectivity index (χ2v) is 19.6. The average Bonchev–Trinajstić information content (AvgIpc) is 3.62. The predicted octanol–water partition coefficient (Wildman–Crippen LogP) is 8.64. The molecule has 5 aromatic carbocycles. The first-order valence-electron chi connectivity index (χ1n) is 20.7. The van der Waals surface area contributed by atoms with Crippen molar-refractivity contribution in [2.24, 2.45) is 16.7 Å². The van der Waals surface area contributed by atoms with Gasteiger partial charge in [0.1, 0.15) is 66.3 Å². The molecule has 67 heavy (non-hydrogen) atoms. The molecule has 2 aliphatic rings. The third-order valence-electron chi connectivity index (χ3n) is 11.8. The van der Waals surface area contributed by atoms with Gasteiger partial charge in [-0.15, -0.1) is 0 Å². The lowest BCUT2D eigenvalue weighted by atomic mass is 9.70. The maximum atomic E-state index is 12.9. The topological polar surface area (TPSA) is 221 Å². The Balaban J connectivity index is 0.000000221. The molecule has 2 bridgehead atoms. The number of rotatable bonds is 19. The van der Waals surface area contributed by atoms with Crippen LogP contribution in [0.15, 0.2) is 126 Å². The average molecular weight is 969 g/mol. The van der Waals surface area contributed by atoms with Crippen LogP contribution in [0.1, 0.15) is 59.4 Å². The number of carboxylic acids is 2. The van der Waals surface area contributed by atoms with Crippen LogP contribution >= 0.6 is 0 Å². The van der Waals surface area contributed by atoms with Crippen molar-refractivity contribution in [2.75, 3.05) is 41.6 Å². The molecule has 15 nitrogen and oxygen atoms in total. The highest BCUT2D eigenvalue weighted by Crippen LogP contribution is 2.64. The molecular formula is C47H47F3N2O13S2. The van der Waals surface area contributed by atoms with Gasteiger partial charge in [-0.05, 0) is 121 Å². The second kappa shape index (κ2) is 20.4. The van der Waals surface area contributed by atoms with Gasteiger partial charge in [-0.2, -0.15) is 13.2 Å². The van der Waals surface area contributed by atoms with Crippen molar-refractivity contribution in [3.05, 3.63) is 138 Å². The SMILES string of the molecule is CC1(C)C2CCC1(CS(=O)(=O)Nc1ccc(OCCOc3ccccc3C(=O)O)cc1)C(=O)C2.O=C(O)c1ccccc1OCCOc1ccc(NS(=O)(=O)c2ccc(C(F)(F)F)cc2)cc1. The number of anilines is 2. The Morgan fingerprint density at radius 2 is 1.10 bits per heavy atom. The molecule has 0 amide bonds. The van der Waals surface area contributed by atoms with Crippen molar-refractivity contribution < 1.29 is 73.6 Å². The number of hydrogen-bond donors (Lipinski definition) is 4. The van der Waals surface area contributed by atoms with Crippen LogP contribution in [-0.4, -0.2) is 77.0 Å². The molecule has 0 aromatic heterocycles. The minimum Gasteiger partial charge on any atom is -0.490 e. The summed E-state index contributed by atoms with van der Waals surface area (Å²) in [4.78, 5) is 34.7. The van der Waals surface area contributed by atoms with Gasteiger partial charge in [0.05, 0.1) is 21.6 Å². The van der Waals surface area contributed by atoms with Crippen molar-refractivity contribution in [3.8, 4) is 23.0 Å². The number of carboxylic acid groups (broad SMARTS) is 2. The van der Waals surface area contributed by atoms with Crippen molar-refractivity contribution in [3.63, 3.8) is 0 Å². The Labute approximate surface area is 385 Å². The van der Waals surface area contributed by atoms with Crippen molar-refractivity contribution in [1.82, 2.24) is 0 Å². The third kappa shape index (κ3) is 12.2. The number of halogens is 3. The minimum absolute atomic E-state index is 0.0298. The van der Waals surface area contributed by atoms with Gasteiger partial charge in [-0.25, -0.2) is 26.4 Å². The summed E-state index contributed by atoms with van der Waals surface area (Å²) in [6, 6.07) is 28.0. The lowest BCUT2D eigenvalue weighted by Crippen LogP contribution is -2.43. The van der Waals surface area contributed by atoms with Crippen molar-refractivity contribution in [2.45, 2.75) is 44.2 Å². The zero-order valence-electron chi connectivity index (χ0n) is 36.1. The van der Waals surface area contributed by atoms with Crippen LogP contribution in [0.2, 0.25) is 0 Å². The monoisotopic (exact) mass is 968 g/mol. The second-order valence-electron chi connectivity index (χ2n) is 16.2. The van der Waals surface area contributed by atoms with Gasteiger partial charge >= 0.3 is 18.1 Å². The molecule has 356 valence electrons. The standard InChI is InChI=1S/C25H29NO7S.C22H18F3NO6S/c1-24(2)17-11-12-25(24,22(27)15-17)16-34(30,31)26-18-7-9-19(10-8-18)32-13-14-33-21-6-4-3-5-20(21)23(28)29;23-22(24,25)15-5-11-18(12-6-15)33(29,30)26-16-7-9-17(10-8-16)31-13-14-32-20-4-2-1-3-19(20)21(27)28/h3-10,17,26H,11-16H2,1-2H3,(H,28,29);1-12,26H,13-14H2,(H,27,28). The largest absolute Gasteiger partial charge is 0.490 e. The number of benzene rings is 5. The van der Waals surface area contributed by atoms with Crippen LogP contribution in [0.25, 0.3) is 0 Å². The van der Waals surface area contributed by atoms with E-state index in [0.29, 0.717) is 42.2 Å². The molecule has 20 heteroatoms. The van der Waals surface area contributed by atoms with Gasteiger partial charge in [0, 0.05) is 17.8 Å². The van der Waals surface area contributed by atoms with Crippen LogP contribution < -0.4 is 28.4 Å². The quantitative estimate of drug-likeness (QED) is 0.0570. The van der Waals surface area contributed by atoms with Gasteiger partial charge in [0.15, 0.2) is 0 Å². The molecule has 0 heterocycles. The van der Waals surface area contributed by atoms with E-state index in [1.807, 2.05) is 13.8 Å². The number of sulfonamides is 2. The molecule has 7 rings (SSSR count). The Morgan fingerprint density at radius 3 is 1.52 bits per heavy atom. The van der Waals surface area contributed by atoms with Crippen LogP contribution in [0.4, 0.5) is 24.5 Å². The Kier molecular flexibility index (Phi) is 15.1. The number of ketones is 1. The maximum absolute atomic E-state index is 12.9. The van der Waals surface area contributed by atoms with E-state index in [0.717, 1.165) is 18.6 Å². The molecule has 2 fully saturated rings. The van der Waals surface area contributed by atoms with E-state index in [2.05, 4.69) is 9.44 Å². The van der Waals surface area contributed by atoms with Crippen LogP contribution in [0, 0.1) is 16.7 Å². The number of carbonyl (C=O) groups is 3. The smallest absolute Gasteiger partial charge is 0.416 e. The first-order valence-corrected chi connectivity index (χ1v) is 23.8. The fraction of sp³-hybridized carbons (Fsp3) is 0.298. The summed E-state index contributed by atoms with van der Waals surface area (Å²) >= 11 is 0. The fourth-order valence-corrected chi connectivity index (χ4v) is 11.0. The van der Waals surface area contributed by atoms with Gasteiger partial charge in [-0.1, -0.05) is 38.1 Å². The van der Waals surface area contributed by atoms with Crippen LogP contribution in [-0.2, 0) is 31.0 Å². The van der Waals surface area contributed by atoms with E-state index in [4.69, 9.17) is 24.1 Å². The number of hydrogen-bond acceptors (Lipinski definition) is 11. The number of nitrogens with one attached hydrogen (secondary N) is 2.